The Morgan fingerprint density at radius 3 is 2.40 bits per heavy atom. The Morgan fingerprint density at radius 1 is 0.979 bits per heavy atom. The number of hydrogen-bond acceptors (Lipinski definition) is 6. The molecule has 5 aromatic rings. The van der Waals surface area contributed by atoms with E-state index in [1.807, 2.05) is 81.4 Å². The quantitative estimate of drug-likeness (QED) is 0.151. The average molecular weight is 678 g/mol. The van der Waals surface area contributed by atoms with Crippen LogP contribution >= 0.6 is 23.4 Å². The highest BCUT2D eigenvalue weighted by molar-refractivity contribution is 7.98. The lowest BCUT2D eigenvalue weighted by molar-refractivity contribution is -0.113. The van der Waals surface area contributed by atoms with Crippen LogP contribution < -0.4 is 15.4 Å². The topological polar surface area (TPSA) is 81.1 Å². The van der Waals surface area contributed by atoms with Crippen molar-refractivity contribution in [3.05, 3.63) is 141 Å². The van der Waals surface area contributed by atoms with Crippen molar-refractivity contribution in [2.24, 2.45) is 0 Å². The zero-order chi connectivity index (χ0) is 34.0. The van der Waals surface area contributed by atoms with Gasteiger partial charge in [-0.05, 0) is 78.3 Å². The molecule has 0 radical (unpaired) electrons. The monoisotopic (exact) mass is 677 g/mol. The van der Waals surface area contributed by atoms with Gasteiger partial charge in [-0.1, -0.05) is 116 Å². The van der Waals surface area contributed by atoms with Crippen molar-refractivity contribution >= 4 is 40.9 Å². The van der Waals surface area contributed by atoms with Crippen LogP contribution in [0.25, 0.3) is 0 Å². The molecule has 0 fully saturated rings. The minimum Gasteiger partial charge on any atom is -0.489 e. The van der Waals surface area contributed by atoms with Crippen molar-refractivity contribution in [3.8, 4) is 5.75 Å². The maximum absolute atomic E-state index is 14.1. The van der Waals surface area contributed by atoms with Crippen LogP contribution in [0, 0.1) is 13.8 Å². The summed E-state index contributed by atoms with van der Waals surface area (Å²) in [6.07, 6.45) is 0. The van der Waals surface area contributed by atoms with E-state index < -0.39 is 6.04 Å². The van der Waals surface area contributed by atoms with Crippen molar-refractivity contribution in [2.45, 2.75) is 70.5 Å². The number of rotatable bonds is 9. The highest BCUT2D eigenvalue weighted by Gasteiger charge is 2.34. The van der Waals surface area contributed by atoms with Crippen LogP contribution in [0.1, 0.15) is 67.1 Å². The zero-order valence-corrected chi connectivity index (χ0v) is 29.7. The molecular weight excluding hydrogens is 638 g/mol. The van der Waals surface area contributed by atoms with E-state index in [1.54, 1.807) is 4.68 Å². The number of amides is 1. The van der Waals surface area contributed by atoms with Gasteiger partial charge in [0.1, 0.15) is 18.4 Å². The first-order chi connectivity index (χ1) is 23.0. The number of nitrogens with one attached hydrogen (secondary N) is 2. The van der Waals surface area contributed by atoms with Crippen molar-refractivity contribution in [1.29, 1.82) is 0 Å². The van der Waals surface area contributed by atoms with Gasteiger partial charge in [-0.15, -0.1) is 5.10 Å². The van der Waals surface area contributed by atoms with Crippen LogP contribution in [0.3, 0.4) is 0 Å². The summed E-state index contributed by atoms with van der Waals surface area (Å²) in [6, 6.07) is 29.7. The number of fused-ring (bicyclic) bond motifs is 1. The number of thioether (sulfide) groups is 1. The largest absolute Gasteiger partial charge is 0.489 e. The minimum atomic E-state index is -0.520. The van der Waals surface area contributed by atoms with Gasteiger partial charge < -0.3 is 15.4 Å². The molecule has 6 rings (SSSR count). The number of benzene rings is 4. The van der Waals surface area contributed by atoms with Gasteiger partial charge in [0.15, 0.2) is 0 Å². The van der Waals surface area contributed by atoms with Crippen LogP contribution in [0.2, 0.25) is 5.02 Å². The van der Waals surface area contributed by atoms with Crippen molar-refractivity contribution in [2.75, 3.05) is 10.6 Å². The van der Waals surface area contributed by atoms with Crippen LogP contribution in [0.4, 0.5) is 11.6 Å². The van der Waals surface area contributed by atoms with E-state index >= 15 is 0 Å². The number of aromatic nitrogens is 3. The summed E-state index contributed by atoms with van der Waals surface area (Å²) in [5.74, 6) is 1.72. The van der Waals surface area contributed by atoms with Gasteiger partial charge in [0.2, 0.25) is 11.1 Å². The van der Waals surface area contributed by atoms with Crippen LogP contribution in [0.5, 0.6) is 5.75 Å². The smallest absolute Gasteiger partial charge is 0.255 e. The first-order valence-electron chi connectivity index (χ1n) is 16.0. The molecule has 0 saturated heterocycles. The molecule has 246 valence electrons. The predicted molar refractivity (Wildman–Crippen MR) is 196 cm³/mol. The summed E-state index contributed by atoms with van der Waals surface area (Å²) in [5, 5.41) is 12.7. The number of hydrogen-bond donors (Lipinski definition) is 2. The highest BCUT2D eigenvalue weighted by atomic mass is 35.5. The second-order valence-electron chi connectivity index (χ2n) is 13.2. The standard InChI is InChI=1S/C39H40ClN5O2S/c1-24-11-20-33(25(2)21-24)42-36(46)34-26(3)41-37-43-38(48-23-29-9-7-8-10-32(29)40)44-45(37)35(34)28-14-18-31(19-15-28)47-22-27-12-16-30(17-13-27)39(4,5)6/h7-21,35H,22-23H2,1-6H3,(H,42,46)(H,41,43,44). The second-order valence-corrected chi connectivity index (χ2v) is 14.5. The SMILES string of the molecule is CC1=C(C(=O)Nc2ccc(C)cc2C)C(c2ccc(OCc3ccc(C(C)(C)C)cc3)cc2)n2nc(SCc3ccccc3Cl)nc2N1. The van der Waals surface area contributed by atoms with E-state index in [4.69, 9.17) is 26.4 Å². The van der Waals surface area contributed by atoms with Gasteiger partial charge in [-0.25, -0.2) is 4.68 Å². The molecule has 1 aliphatic heterocycles. The molecule has 0 saturated carbocycles. The summed E-state index contributed by atoms with van der Waals surface area (Å²) in [6.45, 7) is 13.0. The molecule has 0 bridgehead atoms. The van der Waals surface area contributed by atoms with Crippen LogP contribution in [0.15, 0.2) is 107 Å². The van der Waals surface area contributed by atoms with Gasteiger partial charge in [-0.2, -0.15) is 4.98 Å². The molecule has 48 heavy (non-hydrogen) atoms. The molecular formula is C39H40ClN5O2S. The summed E-state index contributed by atoms with van der Waals surface area (Å²) >= 11 is 7.91. The van der Waals surface area contributed by atoms with Crippen LogP contribution in [-0.4, -0.2) is 20.7 Å². The third-order valence-corrected chi connectivity index (χ3v) is 9.70. The average Bonchev–Trinajstić information content (AvgIpc) is 3.46. The van der Waals surface area contributed by atoms with E-state index in [9.17, 15) is 4.79 Å². The van der Waals surface area contributed by atoms with Crippen LogP contribution in [-0.2, 0) is 22.6 Å². The zero-order valence-electron chi connectivity index (χ0n) is 28.1. The number of ether oxygens (including phenoxy) is 1. The minimum absolute atomic E-state index is 0.102. The molecule has 1 unspecified atom stereocenters. The Hall–Kier alpha value is -4.53. The maximum Gasteiger partial charge on any atom is 0.255 e. The van der Waals surface area contributed by atoms with Gasteiger partial charge in [0, 0.05) is 22.2 Å². The molecule has 1 amide bonds. The Labute approximate surface area is 291 Å². The lowest BCUT2D eigenvalue weighted by atomic mass is 9.87. The number of allylic oxidation sites excluding steroid dienone is 1. The highest BCUT2D eigenvalue weighted by Crippen LogP contribution is 2.38. The summed E-state index contributed by atoms with van der Waals surface area (Å²) in [5.41, 5.74) is 8.55. The van der Waals surface area contributed by atoms with E-state index in [0.717, 1.165) is 39.3 Å². The van der Waals surface area contributed by atoms with Gasteiger partial charge in [0.05, 0.1) is 5.57 Å². The summed E-state index contributed by atoms with van der Waals surface area (Å²) < 4.78 is 7.96. The third-order valence-electron chi connectivity index (χ3n) is 8.44. The fourth-order valence-electron chi connectivity index (χ4n) is 5.71. The Kier molecular flexibility index (Phi) is 9.67. The molecule has 1 atom stereocenters. The Balaban J connectivity index is 1.27. The molecule has 2 heterocycles. The second kappa shape index (κ2) is 13.9. The fraction of sp³-hybridized carbons (Fsp3) is 0.256. The Bertz CT molecular complexity index is 1980. The van der Waals surface area contributed by atoms with E-state index in [0.29, 0.717) is 39.8 Å². The molecule has 2 N–H and O–H groups in total. The number of anilines is 2. The third kappa shape index (κ3) is 7.45. The molecule has 1 aliphatic rings. The molecule has 0 spiro atoms. The fourth-order valence-corrected chi connectivity index (χ4v) is 6.82. The maximum atomic E-state index is 14.1. The Morgan fingerprint density at radius 2 is 1.71 bits per heavy atom. The number of carbonyl (C=O) groups excluding carboxylic acids is 1. The van der Waals surface area contributed by atoms with Crippen molar-refractivity contribution < 1.29 is 9.53 Å². The normalized spacial score (nSPS) is 14.4. The summed E-state index contributed by atoms with van der Waals surface area (Å²) in [4.78, 5) is 18.9. The van der Waals surface area contributed by atoms with E-state index in [2.05, 4.69) is 61.7 Å². The summed E-state index contributed by atoms with van der Waals surface area (Å²) in [7, 11) is 0. The number of carbonyl (C=O) groups is 1. The predicted octanol–water partition coefficient (Wildman–Crippen LogP) is 9.64. The lowest BCUT2D eigenvalue weighted by Gasteiger charge is -2.29. The van der Waals surface area contributed by atoms with Gasteiger partial charge in [0.25, 0.3) is 5.91 Å². The molecule has 0 aliphatic carbocycles. The molecule has 9 heteroatoms. The first-order valence-corrected chi connectivity index (χ1v) is 17.3. The van der Waals surface area contributed by atoms with E-state index in [-0.39, 0.29) is 11.3 Å². The van der Waals surface area contributed by atoms with Gasteiger partial charge in [-0.3, -0.25) is 4.79 Å². The molecule has 7 nitrogen and oxygen atoms in total. The number of halogens is 1. The first kappa shape index (κ1) is 33.4. The molecule has 4 aromatic carbocycles. The lowest BCUT2D eigenvalue weighted by Crippen LogP contribution is -2.31. The number of aryl methyl sites for hydroxylation is 2. The van der Waals surface area contributed by atoms with Gasteiger partial charge >= 0.3 is 0 Å². The molecule has 1 aromatic heterocycles. The number of nitrogens with zero attached hydrogens (tertiary/aromatic N) is 3. The van der Waals surface area contributed by atoms with E-state index in [1.165, 1.54) is 17.3 Å². The van der Waals surface area contributed by atoms with Crippen molar-refractivity contribution in [3.63, 3.8) is 0 Å². The van der Waals surface area contributed by atoms with Crippen molar-refractivity contribution in [1.82, 2.24) is 14.8 Å².